The highest BCUT2D eigenvalue weighted by molar-refractivity contribution is 9.09. The highest BCUT2D eigenvalue weighted by Gasteiger charge is 2.02. The molecule has 0 radical (unpaired) electrons. The van der Waals surface area contributed by atoms with Crippen LogP contribution >= 0.6 is 27.5 Å². The lowest BCUT2D eigenvalue weighted by Gasteiger charge is -2.04. The molecule has 0 spiro atoms. The van der Waals surface area contributed by atoms with Crippen molar-refractivity contribution in [3.63, 3.8) is 0 Å². The van der Waals surface area contributed by atoms with E-state index in [0.717, 1.165) is 10.9 Å². The van der Waals surface area contributed by atoms with Crippen LogP contribution in [-0.2, 0) is 0 Å². The fraction of sp³-hybridized carbons (Fsp3) is 0.182. The van der Waals surface area contributed by atoms with E-state index in [2.05, 4.69) is 40.0 Å². The standard InChI is InChI=1S/C11H9BrClN/c1-7(12)8-2-4-10-9(6-8)3-5-11(13)14-10/h2-7H,1H3. The second-order valence-electron chi connectivity index (χ2n) is 3.20. The molecule has 3 heteroatoms. The van der Waals surface area contributed by atoms with Crippen LogP contribution in [0.4, 0.5) is 0 Å². The van der Waals surface area contributed by atoms with Crippen molar-refractivity contribution < 1.29 is 0 Å². The van der Waals surface area contributed by atoms with Crippen molar-refractivity contribution in [2.45, 2.75) is 11.8 Å². The number of fused-ring (bicyclic) bond motifs is 1. The highest BCUT2D eigenvalue weighted by Crippen LogP contribution is 2.25. The van der Waals surface area contributed by atoms with Crippen LogP contribution in [0.2, 0.25) is 5.15 Å². The van der Waals surface area contributed by atoms with Gasteiger partial charge in [0.1, 0.15) is 5.15 Å². The first kappa shape index (κ1) is 9.94. The van der Waals surface area contributed by atoms with Gasteiger partial charge in [-0.3, -0.25) is 0 Å². The summed E-state index contributed by atoms with van der Waals surface area (Å²) in [6.07, 6.45) is 0. The van der Waals surface area contributed by atoms with E-state index in [4.69, 9.17) is 11.6 Å². The average molecular weight is 271 g/mol. The monoisotopic (exact) mass is 269 g/mol. The van der Waals surface area contributed by atoms with Crippen LogP contribution in [0.25, 0.3) is 10.9 Å². The van der Waals surface area contributed by atoms with Crippen molar-refractivity contribution in [3.05, 3.63) is 41.0 Å². The van der Waals surface area contributed by atoms with Gasteiger partial charge in [0, 0.05) is 10.2 Å². The van der Waals surface area contributed by atoms with E-state index in [-0.39, 0.29) is 0 Å². The van der Waals surface area contributed by atoms with Gasteiger partial charge in [-0.1, -0.05) is 33.6 Å². The minimum Gasteiger partial charge on any atom is -0.236 e. The Morgan fingerprint density at radius 3 is 2.79 bits per heavy atom. The van der Waals surface area contributed by atoms with Crippen molar-refractivity contribution >= 4 is 38.4 Å². The fourth-order valence-electron chi connectivity index (χ4n) is 1.37. The molecule has 0 saturated heterocycles. The van der Waals surface area contributed by atoms with E-state index in [1.54, 1.807) is 0 Å². The first-order chi connectivity index (χ1) is 6.66. The number of hydrogen-bond acceptors (Lipinski definition) is 1. The number of hydrogen-bond donors (Lipinski definition) is 0. The summed E-state index contributed by atoms with van der Waals surface area (Å²) in [7, 11) is 0. The number of nitrogens with zero attached hydrogens (tertiary/aromatic N) is 1. The maximum atomic E-state index is 5.80. The fourth-order valence-corrected chi connectivity index (χ4v) is 1.81. The molecular formula is C11H9BrClN. The molecule has 0 bridgehead atoms. The molecular weight excluding hydrogens is 261 g/mol. The maximum absolute atomic E-state index is 5.80. The van der Waals surface area contributed by atoms with Crippen molar-refractivity contribution in [1.29, 1.82) is 0 Å². The van der Waals surface area contributed by atoms with Crippen molar-refractivity contribution in [2.24, 2.45) is 0 Å². The van der Waals surface area contributed by atoms with Gasteiger partial charge in [0.15, 0.2) is 0 Å². The van der Waals surface area contributed by atoms with Gasteiger partial charge in [-0.25, -0.2) is 4.98 Å². The Morgan fingerprint density at radius 2 is 2.07 bits per heavy atom. The number of aromatic nitrogens is 1. The Bertz CT molecular complexity index is 468. The van der Waals surface area contributed by atoms with Crippen LogP contribution in [0.3, 0.4) is 0 Å². The van der Waals surface area contributed by atoms with Crippen LogP contribution < -0.4 is 0 Å². The van der Waals surface area contributed by atoms with E-state index in [9.17, 15) is 0 Å². The number of benzene rings is 1. The summed E-state index contributed by atoms with van der Waals surface area (Å²) in [5.41, 5.74) is 2.19. The predicted molar refractivity (Wildman–Crippen MR) is 64.1 cm³/mol. The molecule has 1 aromatic heterocycles. The van der Waals surface area contributed by atoms with Crippen LogP contribution in [0.15, 0.2) is 30.3 Å². The Kier molecular flexibility index (Phi) is 2.75. The topological polar surface area (TPSA) is 12.9 Å². The SMILES string of the molecule is CC(Br)c1ccc2nc(Cl)ccc2c1. The zero-order chi connectivity index (χ0) is 10.1. The minimum atomic E-state index is 0.363. The van der Waals surface area contributed by atoms with E-state index >= 15 is 0 Å². The quantitative estimate of drug-likeness (QED) is 0.555. The zero-order valence-corrected chi connectivity index (χ0v) is 10.0. The van der Waals surface area contributed by atoms with Gasteiger partial charge in [0.05, 0.1) is 5.52 Å². The molecule has 0 N–H and O–H groups in total. The Labute approximate surface area is 96.2 Å². The molecule has 1 heterocycles. The minimum absolute atomic E-state index is 0.363. The lowest BCUT2D eigenvalue weighted by atomic mass is 10.1. The summed E-state index contributed by atoms with van der Waals surface area (Å²) in [6, 6.07) is 9.98. The van der Waals surface area contributed by atoms with E-state index in [1.165, 1.54) is 5.56 Å². The molecule has 2 rings (SSSR count). The number of rotatable bonds is 1. The zero-order valence-electron chi connectivity index (χ0n) is 7.67. The molecule has 0 amide bonds. The van der Waals surface area contributed by atoms with E-state index in [1.807, 2.05) is 18.2 Å². The Hall–Kier alpha value is -0.600. The van der Waals surface area contributed by atoms with Crippen LogP contribution in [0, 0.1) is 0 Å². The Morgan fingerprint density at radius 1 is 1.29 bits per heavy atom. The van der Waals surface area contributed by atoms with Gasteiger partial charge < -0.3 is 0 Å². The molecule has 0 aliphatic rings. The van der Waals surface area contributed by atoms with Crippen molar-refractivity contribution in [1.82, 2.24) is 4.98 Å². The molecule has 1 aromatic carbocycles. The molecule has 2 aromatic rings. The molecule has 14 heavy (non-hydrogen) atoms. The second kappa shape index (κ2) is 3.87. The second-order valence-corrected chi connectivity index (χ2v) is 4.96. The summed E-state index contributed by atoms with van der Waals surface area (Å²) >= 11 is 9.34. The maximum Gasteiger partial charge on any atom is 0.129 e. The average Bonchev–Trinajstić information content (AvgIpc) is 2.16. The largest absolute Gasteiger partial charge is 0.236 e. The summed E-state index contributed by atoms with van der Waals surface area (Å²) < 4.78 is 0. The van der Waals surface area contributed by atoms with Crippen LogP contribution in [0.1, 0.15) is 17.3 Å². The molecule has 1 nitrogen and oxygen atoms in total. The molecule has 0 fully saturated rings. The summed E-state index contributed by atoms with van der Waals surface area (Å²) in [5, 5.41) is 1.66. The highest BCUT2D eigenvalue weighted by atomic mass is 79.9. The molecule has 1 atom stereocenters. The third kappa shape index (κ3) is 1.91. The lowest BCUT2D eigenvalue weighted by Crippen LogP contribution is -1.85. The third-order valence-electron chi connectivity index (χ3n) is 2.14. The van der Waals surface area contributed by atoms with E-state index in [0.29, 0.717) is 9.98 Å². The summed E-state index contributed by atoms with van der Waals surface area (Å²) in [5.74, 6) is 0. The first-order valence-corrected chi connectivity index (χ1v) is 5.66. The number of pyridine rings is 1. The van der Waals surface area contributed by atoms with Gasteiger partial charge in [-0.15, -0.1) is 0 Å². The smallest absolute Gasteiger partial charge is 0.129 e. The summed E-state index contributed by atoms with van der Waals surface area (Å²) in [6.45, 7) is 2.10. The van der Waals surface area contributed by atoms with Gasteiger partial charge in [0.2, 0.25) is 0 Å². The predicted octanol–water partition coefficient (Wildman–Crippen LogP) is 4.34. The van der Waals surface area contributed by atoms with E-state index < -0.39 is 0 Å². The van der Waals surface area contributed by atoms with Crippen LogP contribution in [0.5, 0.6) is 0 Å². The van der Waals surface area contributed by atoms with Crippen molar-refractivity contribution in [2.75, 3.05) is 0 Å². The first-order valence-electron chi connectivity index (χ1n) is 4.37. The number of halogens is 2. The van der Waals surface area contributed by atoms with Crippen LogP contribution in [-0.4, -0.2) is 4.98 Å². The van der Waals surface area contributed by atoms with Gasteiger partial charge >= 0.3 is 0 Å². The summed E-state index contributed by atoms with van der Waals surface area (Å²) in [4.78, 5) is 4.59. The molecule has 1 unspecified atom stereocenters. The molecule has 72 valence electrons. The normalized spacial score (nSPS) is 13.1. The third-order valence-corrected chi connectivity index (χ3v) is 2.88. The molecule has 0 aliphatic heterocycles. The van der Waals surface area contributed by atoms with Gasteiger partial charge in [-0.2, -0.15) is 0 Å². The van der Waals surface area contributed by atoms with Crippen molar-refractivity contribution in [3.8, 4) is 0 Å². The Balaban J connectivity index is 2.62. The van der Waals surface area contributed by atoms with Gasteiger partial charge in [0.25, 0.3) is 0 Å². The molecule has 0 aliphatic carbocycles. The lowest BCUT2D eigenvalue weighted by molar-refractivity contribution is 1.13. The number of alkyl halides is 1. The van der Waals surface area contributed by atoms with Gasteiger partial charge in [-0.05, 0) is 36.8 Å². The molecule has 0 saturated carbocycles.